The van der Waals surface area contributed by atoms with E-state index in [-0.39, 0.29) is 18.9 Å². The number of hydrogen-bond acceptors (Lipinski definition) is 3. The highest BCUT2D eigenvalue weighted by Crippen LogP contribution is 2.30. The first-order chi connectivity index (χ1) is 12.9. The predicted octanol–water partition coefficient (Wildman–Crippen LogP) is 3.44. The number of carbonyl (C=O) groups excluding carboxylic acids is 1. The van der Waals surface area contributed by atoms with Gasteiger partial charge in [0.1, 0.15) is 12.4 Å². The van der Waals surface area contributed by atoms with Crippen LogP contribution in [0, 0.1) is 12.3 Å². The average molecular weight is 367 g/mol. The molecular formula is C22H25NO4. The molecule has 1 amide bonds. The van der Waals surface area contributed by atoms with Gasteiger partial charge in [0, 0.05) is 13.1 Å². The fourth-order valence-electron chi connectivity index (χ4n) is 3.35. The maximum atomic E-state index is 12.5. The maximum Gasteiger partial charge on any atom is 0.311 e. The molecule has 142 valence electrons. The molecule has 1 aliphatic heterocycles. The molecule has 5 heteroatoms. The lowest BCUT2D eigenvalue weighted by Crippen LogP contribution is -2.35. The van der Waals surface area contributed by atoms with Crippen molar-refractivity contribution in [2.24, 2.45) is 5.41 Å². The van der Waals surface area contributed by atoms with E-state index in [1.165, 1.54) is 5.56 Å². The molecule has 1 aliphatic rings. The molecule has 1 atom stereocenters. The number of hydrogen-bond donors (Lipinski definition) is 1. The fraction of sp³-hybridized carbons (Fsp3) is 0.364. The van der Waals surface area contributed by atoms with Gasteiger partial charge in [-0.05, 0) is 43.5 Å². The molecule has 0 aliphatic carbocycles. The van der Waals surface area contributed by atoms with Gasteiger partial charge >= 0.3 is 5.97 Å². The van der Waals surface area contributed by atoms with Crippen LogP contribution in [0.2, 0.25) is 0 Å². The Morgan fingerprint density at radius 3 is 2.59 bits per heavy atom. The van der Waals surface area contributed by atoms with E-state index in [4.69, 9.17) is 4.74 Å². The van der Waals surface area contributed by atoms with Crippen LogP contribution in [0.25, 0.3) is 0 Å². The summed E-state index contributed by atoms with van der Waals surface area (Å²) in [4.78, 5) is 25.5. The predicted molar refractivity (Wildman–Crippen MR) is 103 cm³/mol. The number of aliphatic carboxylic acids is 1. The molecule has 0 radical (unpaired) electrons. The van der Waals surface area contributed by atoms with Crippen LogP contribution in [0.4, 0.5) is 0 Å². The largest absolute Gasteiger partial charge is 0.489 e. The highest BCUT2D eigenvalue weighted by atomic mass is 16.5. The van der Waals surface area contributed by atoms with E-state index in [0.29, 0.717) is 19.6 Å². The Bertz CT molecular complexity index is 848. The highest BCUT2D eigenvalue weighted by Gasteiger charge is 2.41. The summed E-state index contributed by atoms with van der Waals surface area (Å²) in [6.45, 7) is 4.98. The molecule has 1 fully saturated rings. The number of nitrogens with zero attached hydrogens (tertiary/aromatic N) is 1. The number of amides is 1. The van der Waals surface area contributed by atoms with Crippen LogP contribution in [0.15, 0.2) is 48.5 Å². The normalized spacial score (nSPS) is 19.1. The molecule has 3 rings (SSSR count). The van der Waals surface area contributed by atoms with Gasteiger partial charge in [-0.1, -0.05) is 42.0 Å². The first kappa shape index (κ1) is 19.0. The molecular weight excluding hydrogens is 342 g/mol. The third-order valence-corrected chi connectivity index (χ3v) is 5.08. The molecule has 2 aromatic rings. The van der Waals surface area contributed by atoms with E-state index in [1.807, 2.05) is 49.4 Å². The van der Waals surface area contributed by atoms with Gasteiger partial charge in [-0.3, -0.25) is 9.59 Å². The minimum Gasteiger partial charge on any atom is -0.489 e. The second-order valence-corrected chi connectivity index (χ2v) is 7.53. The van der Waals surface area contributed by atoms with Gasteiger partial charge < -0.3 is 14.7 Å². The summed E-state index contributed by atoms with van der Waals surface area (Å²) < 4.78 is 5.86. The second kappa shape index (κ2) is 7.82. The van der Waals surface area contributed by atoms with E-state index < -0.39 is 11.4 Å². The zero-order valence-electron chi connectivity index (χ0n) is 15.8. The lowest BCUT2D eigenvalue weighted by Gasteiger charge is -2.20. The molecule has 2 aromatic carbocycles. The quantitative estimate of drug-likeness (QED) is 0.849. The summed E-state index contributed by atoms with van der Waals surface area (Å²) in [6.07, 6.45) is 0.741. The molecule has 0 aromatic heterocycles. The van der Waals surface area contributed by atoms with Crippen LogP contribution < -0.4 is 4.74 Å². The molecule has 1 saturated heterocycles. The van der Waals surface area contributed by atoms with Crippen LogP contribution in [0.5, 0.6) is 5.75 Å². The van der Waals surface area contributed by atoms with E-state index in [1.54, 1.807) is 11.8 Å². The van der Waals surface area contributed by atoms with Crippen molar-refractivity contribution >= 4 is 11.9 Å². The summed E-state index contributed by atoms with van der Waals surface area (Å²) in [5.41, 5.74) is 2.32. The Labute approximate surface area is 159 Å². The summed E-state index contributed by atoms with van der Waals surface area (Å²) in [5.74, 6) is -0.168. The van der Waals surface area contributed by atoms with Crippen LogP contribution in [0.3, 0.4) is 0 Å². The minimum absolute atomic E-state index is 0.0455. The van der Waals surface area contributed by atoms with Crippen molar-refractivity contribution in [3.05, 3.63) is 65.2 Å². The minimum atomic E-state index is -0.843. The lowest BCUT2D eigenvalue weighted by molar-refractivity contribution is -0.147. The number of ether oxygens (including phenoxy) is 1. The van der Waals surface area contributed by atoms with E-state index in [2.05, 4.69) is 6.07 Å². The summed E-state index contributed by atoms with van der Waals surface area (Å²) in [6, 6.07) is 15.7. The highest BCUT2D eigenvalue weighted by molar-refractivity contribution is 5.82. The lowest BCUT2D eigenvalue weighted by atomic mass is 9.90. The molecule has 1 N–H and O–H groups in total. The van der Waals surface area contributed by atoms with Gasteiger partial charge in [-0.25, -0.2) is 0 Å². The Hall–Kier alpha value is -2.82. The van der Waals surface area contributed by atoms with Crippen molar-refractivity contribution < 1.29 is 19.4 Å². The number of aryl methyl sites for hydroxylation is 1. The standard InChI is InChI=1S/C22H25NO4/c1-16-5-3-7-18(11-16)14-27-19-8-4-6-17(12-19)13-20(24)23-10-9-22(2,15-23)21(25)26/h3-8,11-12H,9-10,13-15H2,1-2H3,(H,25,26). The second-order valence-electron chi connectivity index (χ2n) is 7.53. The first-order valence-corrected chi connectivity index (χ1v) is 9.14. The van der Waals surface area contributed by atoms with Crippen LogP contribution in [0.1, 0.15) is 30.0 Å². The smallest absolute Gasteiger partial charge is 0.311 e. The third-order valence-electron chi connectivity index (χ3n) is 5.08. The topological polar surface area (TPSA) is 66.8 Å². The zero-order valence-corrected chi connectivity index (χ0v) is 15.8. The Morgan fingerprint density at radius 2 is 1.89 bits per heavy atom. The summed E-state index contributed by atoms with van der Waals surface area (Å²) >= 11 is 0. The van der Waals surface area contributed by atoms with E-state index in [9.17, 15) is 14.7 Å². The molecule has 1 heterocycles. The Balaban J connectivity index is 1.59. The monoisotopic (exact) mass is 367 g/mol. The number of carbonyl (C=O) groups is 2. The molecule has 27 heavy (non-hydrogen) atoms. The average Bonchev–Trinajstić information content (AvgIpc) is 3.04. The Morgan fingerprint density at radius 1 is 1.15 bits per heavy atom. The van der Waals surface area contributed by atoms with Gasteiger partial charge in [0.2, 0.25) is 5.91 Å². The van der Waals surface area contributed by atoms with E-state index in [0.717, 1.165) is 16.9 Å². The number of benzene rings is 2. The van der Waals surface area contributed by atoms with E-state index >= 15 is 0 Å². The maximum absolute atomic E-state index is 12.5. The number of carboxylic acid groups (broad SMARTS) is 1. The summed E-state index contributed by atoms with van der Waals surface area (Å²) in [5, 5.41) is 9.31. The molecule has 1 unspecified atom stereocenters. The molecule has 0 spiro atoms. The van der Waals surface area contributed by atoms with Crippen LogP contribution >= 0.6 is 0 Å². The SMILES string of the molecule is Cc1cccc(COc2cccc(CC(=O)N3CCC(C)(C(=O)O)C3)c2)c1. The van der Waals surface area contributed by atoms with Crippen LogP contribution in [-0.4, -0.2) is 35.0 Å². The fourth-order valence-corrected chi connectivity index (χ4v) is 3.35. The van der Waals surface area contributed by atoms with Crippen molar-refractivity contribution in [1.82, 2.24) is 4.90 Å². The first-order valence-electron chi connectivity index (χ1n) is 9.14. The van der Waals surface area contributed by atoms with Crippen molar-refractivity contribution in [3.8, 4) is 5.75 Å². The van der Waals surface area contributed by atoms with Crippen molar-refractivity contribution in [2.75, 3.05) is 13.1 Å². The van der Waals surface area contributed by atoms with Crippen molar-refractivity contribution in [2.45, 2.75) is 33.3 Å². The number of rotatable bonds is 6. The number of likely N-dealkylation sites (tertiary alicyclic amines) is 1. The molecule has 0 bridgehead atoms. The van der Waals surface area contributed by atoms with Crippen molar-refractivity contribution in [1.29, 1.82) is 0 Å². The van der Waals surface area contributed by atoms with Crippen molar-refractivity contribution in [3.63, 3.8) is 0 Å². The van der Waals surface area contributed by atoms with Gasteiger partial charge in [0.05, 0.1) is 11.8 Å². The van der Waals surface area contributed by atoms with Crippen LogP contribution in [-0.2, 0) is 22.6 Å². The zero-order chi connectivity index (χ0) is 19.4. The van der Waals surface area contributed by atoms with Gasteiger partial charge in [0.15, 0.2) is 0 Å². The number of carboxylic acids is 1. The Kier molecular flexibility index (Phi) is 5.49. The third kappa shape index (κ3) is 4.67. The summed E-state index contributed by atoms with van der Waals surface area (Å²) in [7, 11) is 0. The molecule has 5 nitrogen and oxygen atoms in total. The van der Waals surface area contributed by atoms with Gasteiger partial charge in [-0.2, -0.15) is 0 Å². The van der Waals surface area contributed by atoms with Gasteiger partial charge in [0.25, 0.3) is 0 Å². The van der Waals surface area contributed by atoms with Gasteiger partial charge in [-0.15, -0.1) is 0 Å². The molecule has 0 saturated carbocycles.